The minimum Gasteiger partial charge on any atom is -0.384 e. The van der Waals surface area contributed by atoms with Gasteiger partial charge in [-0.25, -0.2) is 4.98 Å². The number of benzene rings is 2. The van der Waals surface area contributed by atoms with Crippen LogP contribution in [0.15, 0.2) is 89.6 Å². The predicted octanol–water partition coefficient (Wildman–Crippen LogP) is 5.83. The molecule has 0 atom stereocenters. The lowest BCUT2D eigenvalue weighted by Gasteiger charge is -1.98. The Balaban J connectivity index is 0.000000536. The molecule has 0 spiro atoms. The van der Waals surface area contributed by atoms with Crippen molar-refractivity contribution < 1.29 is 0 Å². The summed E-state index contributed by atoms with van der Waals surface area (Å²) in [7, 11) is 0. The number of nitrogens with zero attached hydrogens (tertiary/aromatic N) is 3. The second-order valence-corrected chi connectivity index (χ2v) is 4.79. The van der Waals surface area contributed by atoms with E-state index < -0.39 is 0 Å². The number of pyridine rings is 1. The lowest BCUT2D eigenvalue weighted by Crippen LogP contribution is -1.95. The Kier molecular flexibility index (Phi) is 11.1. The largest absolute Gasteiger partial charge is 0.384 e. The van der Waals surface area contributed by atoms with Crippen molar-refractivity contribution >= 4 is 53.9 Å². The number of rotatable bonds is 3. The van der Waals surface area contributed by atoms with Crippen LogP contribution >= 0.6 is 24.8 Å². The summed E-state index contributed by atoms with van der Waals surface area (Å²) in [5, 5.41) is 8.03. The quantitative estimate of drug-likeness (QED) is 0.551. The topological polar surface area (TPSA) is 89.6 Å². The van der Waals surface area contributed by atoms with Crippen LogP contribution in [0, 0.1) is 0 Å². The van der Waals surface area contributed by atoms with E-state index in [1.165, 1.54) is 5.56 Å². The zero-order valence-corrected chi connectivity index (χ0v) is 15.7. The molecule has 0 aliphatic carbocycles. The van der Waals surface area contributed by atoms with Crippen molar-refractivity contribution in [2.45, 2.75) is 0 Å². The van der Waals surface area contributed by atoms with Gasteiger partial charge in [0, 0.05) is 0 Å². The van der Waals surface area contributed by atoms with Gasteiger partial charge in [0.2, 0.25) is 0 Å². The molecule has 1 heterocycles. The minimum absolute atomic E-state index is 0. The Morgan fingerprint density at radius 3 is 1.85 bits per heavy atom. The summed E-state index contributed by atoms with van der Waals surface area (Å²) in [6, 6.07) is 22.7. The average molecular weight is 390 g/mol. The number of aromatic nitrogens is 1. The molecule has 0 aliphatic rings. The van der Waals surface area contributed by atoms with Crippen molar-refractivity contribution in [3.63, 3.8) is 0 Å². The normalized spacial score (nSPS) is 9.23. The Morgan fingerprint density at radius 2 is 1.35 bits per heavy atom. The monoisotopic (exact) mass is 389 g/mol. The fourth-order valence-electron chi connectivity index (χ4n) is 1.76. The van der Waals surface area contributed by atoms with Crippen LogP contribution < -0.4 is 11.5 Å². The maximum absolute atomic E-state index is 5.64. The van der Waals surface area contributed by atoms with Gasteiger partial charge in [0.05, 0.1) is 5.69 Å². The van der Waals surface area contributed by atoms with Gasteiger partial charge in [0.25, 0.3) is 0 Å². The lowest BCUT2D eigenvalue weighted by molar-refractivity contribution is 1.21. The van der Waals surface area contributed by atoms with E-state index in [0.717, 1.165) is 5.69 Å². The van der Waals surface area contributed by atoms with Gasteiger partial charge in [-0.1, -0.05) is 61.2 Å². The molecule has 3 rings (SSSR count). The summed E-state index contributed by atoms with van der Waals surface area (Å²) in [5.74, 6) is 0.649. The first-order chi connectivity index (χ1) is 11.7. The Labute approximate surface area is 165 Å². The van der Waals surface area contributed by atoms with Crippen molar-refractivity contribution in [2.24, 2.45) is 10.2 Å². The van der Waals surface area contributed by atoms with E-state index in [-0.39, 0.29) is 30.6 Å². The summed E-state index contributed by atoms with van der Waals surface area (Å²) in [4.78, 5) is 3.89. The smallest absolute Gasteiger partial charge is 0.153 e. The molecule has 7 heteroatoms. The van der Waals surface area contributed by atoms with Crippen LogP contribution in [-0.2, 0) is 0 Å². The number of halogens is 2. The molecule has 0 fully saturated rings. The third kappa shape index (κ3) is 7.79. The summed E-state index contributed by atoms with van der Waals surface area (Å²) in [6.07, 6.45) is 1.83. The van der Waals surface area contributed by atoms with Crippen LogP contribution in [0.4, 0.5) is 23.0 Å². The number of hydrogen-bond acceptors (Lipinski definition) is 5. The van der Waals surface area contributed by atoms with Crippen molar-refractivity contribution in [2.75, 3.05) is 11.5 Å². The van der Waals surface area contributed by atoms with E-state index in [1.807, 2.05) is 66.7 Å². The van der Waals surface area contributed by atoms with Crippen molar-refractivity contribution in [1.29, 1.82) is 0 Å². The number of anilines is 2. The molecule has 1 aromatic heterocycles. The minimum atomic E-state index is 0. The highest BCUT2D eigenvalue weighted by Gasteiger charge is 1.98. The number of nitrogen functional groups attached to an aromatic ring is 2. The molecule has 0 saturated carbocycles. The average Bonchev–Trinajstić information content (AvgIpc) is 2.63. The van der Waals surface area contributed by atoms with E-state index in [2.05, 4.69) is 21.8 Å². The van der Waals surface area contributed by atoms with Gasteiger partial charge in [-0.15, -0.1) is 29.9 Å². The first-order valence-electron chi connectivity index (χ1n) is 7.35. The summed E-state index contributed by atoms with van der Waals surface area (Å²) in [6.45, 7) is 3.63. The summed E-state index contributed by atoms with van der Waals surface area (Å²) in [5.41, 5.74) is 13.6. The number of azo groups is 1. The van der Waals surface area contributed by atoms with Gasteiger partial charge >= 0.3 is 0 Å². The van der Waals surface area contributed by atoms with Gasteiger partial charge in [0.15, 0.2) is 5.82 Å². The zero-order chi connectivity index (χ0) is 17.2. The Morgan fingerprint density at radius 1 is 0.769 bits per heavy atom. The van der Waals surface area contributed by atoms with E-state index >= 15 is 0 Å². The van der Waals surface area contributed by atoms with E-state index in [0.29, 0.717) is 11.5 Å². The van der Waals surface area contributed by atoms with Gasteiger partial charge in [-0.3, -0.25) is 0 Å². The van der Waals surface area contributed by atoms with Gasteiger partial charge in [-0.2, -0.15) is 5.11 Å². The van der Waals surface area contributed by atoms with Crippen LogP contribution in [0.2, 0.25) is 0 Å². The fraction of sp³-hybridized carbons (Fsp3) is 0. The van der Waals surface area contributed by atoms with Gasteiger partial charge < -0.3 is 11.5 Å². The van der Waals surface area contributed by atoms with E-state index in [1.54, 1.807) is 12.1 Å². The molecular weight excluding hydrogens is 369 g/mol. The highest BCUT2D eigenvalue weighted by Crippen LogP contribution is 2.23. The van der Waals surface area contributed by atoms with E-state index in [9.17, 15) is 0 Å². The highest BCUT2D eigenvalue weighted by atomic mass is 35.5. The van der Waals surface area contributed by atoms with Crippen LogP contribution in [0.5, 0.6) is 0 Å². The van der Waals surface area contributed by atoms with Crippen LogP contribution in [0.25, 0.3) is 6.08 Å². The number of nitrogens with two attached hydrogens (primary N) is 2. The molecule has 26 heavy (non-hydrogen) atoms. The lowest BCUT2D eigenvalue weighted by atomic mass is 10.2. The molecule has 2 aromatic carbocycles. The second kappa shape index (κ2) is 12.5. The molecular formula is C19H21Cl2N5. The van der Waals surface area contributed by atoms with Crippen LogP contribution in [0.1, 0.15) is 5.56 Å². The molecule has 0 radical (unpaired) electrons. The molecule has 5 nitrogen and oxygen atoms in total. The first kappa shape index (κ1) is 23.1. The third-order valence-electron chi connectivity index (χ3n) is 2.99. The van der Waals surface area contributed by atoms with Crippen molar-refractivity contribution in [1.82, 2.24) is 4.98 Å². The maximum atomic E-state index is 5.64. The van der Waals surface area contributed by atoms with Crippen LogP contribution in [0.3, 0.4) is 0 Å². The maximum Gasteiger partial charge on any atom is 0.153 e. The van der Waals surface area contributed by atoms with Crippen molar-refractivity contribution in [3.05, 3.63) is 84.9 Å². The molecule has 0 aliphatic heterocycles. The van der Waals surface area contributed by atoms with Gasteiger partial charge in [-0.05, 0) is 29.8 Å². The SMILES string of the molecule is C=Cc1ccccc1.Cl.Cl.Nc1ccc(/N=N/c2ccccc2)c(N)n1. The fourth-order valence-corrected chi connectivity index (χ4v) is 1.76. The van der Waals surface area contributed by atoms with Gasteiger partial charge in [0.1, 0.15) is 11.5 Å². The molecule has 0 bridgehead atoms. The van der Waals surface area contributed by atoms with Crippen molar-refractivity contribution in [3.8, 4) is 0 Å². The second-order valence-electron chi connectivity index (χ2n) is 4.79. The first-order valence-corrected chi connectivity index (χ1v) is 7.35. The zero-order valence-electron chi connectivity index (χ0n) is 14.0. The van der Waals surface area contributed by atoms with Crippen LogP contribution in [-0.4, -0.2) is 4.98 Å². The number of hydrogen-bond donors (Lipinski definition) is 2. The Bertz CT molecular complexity index is 809. The molecule has 4 N–H and O–H groups in total. The molecule has 0 amide bonds. The summed E-state index contributed by atoms with van der Waals surface area (Å²) < 4.78 is 0. The summed E-state index contributed by atoms with van der Waals surface area (Å²) >= 11 is 0. The third-order valence-corrected chi connectivity index (χ3v) is 2.99. The predicted molar refractivity (Wildman–Crippen MR) is 115 cm³/mol. The molecule has 0 unspecified atom stereocenters. The molecule has 136 valence electrons. The molecule has 0 saturated heterocycles. The van der Waals surface area contributed by atoms with E-state index in [4.69, 9.17) is 11.5 Å². The molecule has 3 aromatic rings. The standard InChI is InChI=1S/C11H11N5.C8H8.2ClH/c12-10-7-6-9(11(13)14-10)16-15-8-4-2-1-3-5-8;1-2-8-6-4-3-5-7-8;;/h1-7H,(H4,12,13,14);2-7H,1H2;2*1H/b16-15+;;;. The highest BCUT2D eigenvalue weighted by molar-refractivity contribution is 5.85. The Hall–Kier alpha value is -2.89.